The standard InChI is InChI=1S/C9H9ClN2O/c1-2-12-8-6(9(13)11-12)4-3-5-7(8)10/h3-5H,2H2,1H3,(H,11,13). The Hall–Kier alpha value is -1.22. The van der Waals surface area contributed by atoms with E-state index in [1.165, 1.54) is 0 Å². The summed E-state index contributed by atoms with van der Waals surface area (Å²) in [5.74, 6) is 0. The summed E-state index contributed by atoms with van der Waals surface area (Å²) < 4.78 is 1.75. The summed E-state index contributed by atoms with van der Waals surface area (Å²) in [5.41, 5.74) is 0.705. The Balaban J connectivity index is 2.97. The number of aryl methyl sites for hydroxylation is 1. The zero-order chi connectivity index (χ0) is 9.42. The topological polar surface area (TPSA) is 37.8 Å². The lowest BCUT2D eigenvalue weighted by Crippen LogP contribution is -2.03. The van der Waals surface area contributed by atoms with Gasteiger partial charge in [0.1, 0.15) is 0 Å². The van der Waals surface area contributed by atoms with Gasteiger partial charge >= 0.3 is 0 Å². The fraction of sp³-hybridized carbons (Fsp3) is 0.222. The Bertz CT molecular complexity index is 498. The lowest BCUT2D eigenvalue weighted by molar-refractivity contribution is 0.676. The van der Waals surface area contributed by atoms with Crippen LogP contribution in [0.4, 0.5) is 0 Å². The molecule has 0 spiro atoms. The quantitative estimate of drug-likeness (QED) is 0.745. The van der Waals surface area contributed by atoms with E-state index in [9.17, 15) is 4.79 Å². The minimum Gasteiger partial charge on any atom is -0.283 e. The third-order valence-corrected chi connectivity index (χ3v) is 2.36. The lowest BCUT2D eigenvalue weighted by Gasteiger charge is -1.99. The molecular formula is C9H9ClN2O. The zero-order valence-electron chi connectivity index (χ0n) is 7.17. The molecule has 1 aromatic heterocycles. The van der Waals surface area contributed by atoms with Crippen LogP contribution in [-0.2, 0) is 6.54 Å². The van der Waals surface area contributed by atoms with Crippen molar-refractivity contribution in [1.82, 2.24) is 9.78 Å². The van der Waals surface area contributed by atoms with Crippen LogP contribution in [0.1, 0.15) is 6.92 Å². The Kier molecular flexibility index (Phi) is 1.88. The van der Waals surface area contributed by atoms with E-state index in [1.807, 2.05) is 6.92 Å². The van der Waals surface area contributed by atoms with Crippen LogP contribution in [0.2, 0.25) is 5.02 Å². The third-order valence-electron chi connectivity index (χ3n) is 2.05. The first kappa shape index (κ1) is 8.38. The molecule has 0 amide bonds. The van der Waals surface area contributed by atoms with Crippen molar-refractivity contribution in [1.29, 1.82) is 0 Å². The van der Waals surface area contributed by atoms with Gasteiger partial charge in [-0.25, -0.2) is 0 Å². The highest BCUT2D eigenvalue weighted by Crippen LogP contribution is 2.20. The minimum absolute atomic E-state index is 0.0839. The molecule has 0 radical (unpaired) electrons. The normalized spacial score (nSPS) is 10.9. The van der Waals surface area contributed by atoms with Crippen LogP contribution in [0.15, 0.2) is 23.0 Å². The van der Waals surface area contributed by atoms with Crippen molar-refractivity contribution < 1.29 is 0 Å². The molecule has 1 N–H and O–H groups in total. The van der Waals surface area contributed by atoms with Crippen molar-refractivity contribution in [3.8, 4) is 0 Å². The highest BCUT2D eigenvalue weighted by atomic mass is 35.5. The van der Waals surface area contributed by atoms with Gasteiger partial charge < -0.3 is 0 Å². The SMILES string of the molecule is CCn1[nH]c(=O)c2cccc(Cl)c21. The highest BCUT2D eigenvalue weighted by Gasteiger charge is 2.07. The largest absolute Gasteiger partial charge is 0.283 e. The van der Waals surface area contributed by atoms with Gasteiger partial charge in [0.25, 0.3) is 5.56 Å². The monoisotopic (exact) mass is 196 g/mol. The van der Waals surface area contributed by atoms with Crippen molar-refractivity contribution >= 4 is 22.5 Å². The van der Waals surface area contributed by atoms with E-state index in [4.69, 9.17) is 11.6 Å². The molecule has 0 atom stereocenters. The van der Waals surface area contributed by atoms with Gasteiger partial charge in [0.2, 0.25) is 0 Å². The average molecular weight is 197 g/mol. The van der Waals surface area contributed by atoms with Gasteiger partial charge in [-0.15, -0.1) is 0 Å². The molecule has 0 bridgehead atoms. The second kappa shape index (κ2) is 2.92. The summed E-state index contributed by atoms with van der Waals surface area (Å²) in [6.45, 7) is 2.67. The smallest absolute Gasteiger partial charge is 0.272 e. The summed E-state index contributed by atoms with van der Waals surface area (Å²) in [5, 5.41) is 3.98. The number of aromatic amines is 1. The van der Waals surface area contributed by atoms with Crippen LogP contribution in [0.3, 0.4) is 0 Å². The van der Waals surface area contributed by atoms with Gasteiger partial charge in [0.05, 0.1) is 15.9 Å². The maximum absolute atomic E-state index is 11.4. The first-order valence-corrected chi connectivity index (χ1v) is 4.49. The van der Waals surface area contributed by atoms with E-state index in [1.54, 1.807) is 22.9 Å². The van der Waals surface area contributed by atoms with Crippen LogP contribution < -0.4 is 5.56 Å². The number of nitrogens with zero attached hydrogens (tertiary/aromatic N) is 1. The van der Waals surface area contributed by atoms with E-state index in [0.29, 0.717) is 17.0 Å². The van der Waals surface area contributed by atoms with Gasteiger partial charge in [-0.3, -0.25) is 14.6 Å². The Morgan fingerprint density at radius 1 is 1.54 bits per heavy atom. The molecule has 0 aliphatic carbocycles. The van der Waals surface area contributed by atoms with E-state index in [0.717, 1.165) is 5.52 Å². The van der Waals surface area contributed by atoms with Gasteiger partial charge in [0.15, 0.2) is 0 Å². The summed E-state index contributed by atoms with van der Waals surface area (Å²) >= 11 is 5.97. The number of para-hydroxylation sites is 1. The van der Waals surface area contributed by atoms with Crippen LogP contribution in [-0.4, -0.2) is 9.78 Å². The Labute approximate surface area is 79.9 Å². The number of aromatic nitrogens is 2. The molecule has 0 fully saturated rings. The number of benzene rings is 1. The van der Waals surface area contributed by atoms with Crippen molar-refractivity contribution in [3.05, 3.63) is 33.6 Å². The van der Waals surface area contributed by atoms with E-state index in [2.05, 4.69) is 5.10 Å². The van der Waals surface area contributed by atoms with E-state index < -0.39 is 0 Å². The average Bonchev–Trinajstić information content (AvgIpc) is 2.45. The summed E-state index contributed by atoms with van der Waals surface area (Å²) in [4.78, 5) is 11.4. The van der Waals surface area contributed by atoms with Crippen molar-refractivity contribution in [2.45, 2.75) is 13.5 Å². The van der Waals surface area contributed by atoms with Crippen LogP contribution in [0.5, 0.6) is 0 Å². The molecule has 1 aromatic carbocycles. The minimum atomic E-state index is -0.0839. The number of halogens is 1. The van der Waals surface area contributed by atoms with Crippen LogP contribution >= 0.6 is 11.6 Å². The highest BCUT2D eigenvalue weighted by molar-refractivity contribution is 6.35. The maximum Gasteiger partial charge on any atom is 0.272 e. The molecule has 3 nitrogen and oxygen atoms in total. The number of H-pyrrole nitrogens is 1. The first-order chi connectivity index (χ1) is 6.24. The summed E-state index contributed by atoms with van der Waals surface area (Å²) in [7, 11) is 0. The molecule has 0 saturated heterocycles. The molecule has 4 heteroatoms. The van der Waals surface area contributed by atoms with E-state index in [-0.39, 0.29) is 5.56 Å². The molecule has 1 heterocycles. The predicted octanol–water partition coefficient (Wildman–Crippen LogP) is 2.00. The third kappa shape index (κ3) is 1.16. The number of nitrogens with one attached hydrogen (secondary N) is 1. The number of hydrogen-bond acceptors (Lipinski definition) is 1. The lowest BCUT2D eigenvalue weighted by atomic mass is 10.2. The number of rotatable bonds is 1. The second-order valence-electron chi connectivity index (χ2n) is 2.82. The molecule has 2 aromatic rings. The first-order valence-electron chi connectivity index (χ1n) is 4.11. The van der Waals surface area contributed by atoms with Crippen LogP contribution in [0.25, 0.3) is 10.9 Å². The molecule has 0 saturated carbocycles. The van der Waals surface area contributed by atoms with Crippen LogP contribution in [0, 0.1) is 0 Å². The van der Waals surface area contributed by atoms with Crippen molar-refractivity contribution in [2.24, 2.45) is 0 Å². The number of hydrogen-bond donors (Lipinski definition) is 1. The zero-order valence-corrected chi connectivity index (χ0v) is 7.93. The van der Waals surface area contributed by atoms with Gasteiger partial charge in [0, 0.05) is 6.54 Å². The predicted molar refractivity (Wildman–Crippen MR) is 53.2 cm³/mol. The molecule has 0 aliphatic rings. The molecule has 0 unspecified atom stereocenters. The van der Waals surface area contributed by atoms with Gasteiger partial charge in [-0.1, -0.05) is 17.7 Å². The second-order valence-corrected chi connectivity index (χ2v) is 3.23. The molecular weight excluding hydrogens is 188 g/mol. The Morgan fingerprint density at radius 3 is 3.00 bits per heavy atom. The molecule has 0 aliphatic heterocycles. The van der Waals surface area contributed by atoms with Gasteiger partial charge in [-0.05, 0) is 19.1 Å². The summed E-state index contributed by atoms with van der Waals surface area (Å²) in [6.07, 6.45) is 0. The van der Waals surface area contributed by atoms with Crippen molar-refractivity contribution in [3.63, 3.8) is 0 Å². The molecule has 2 rings (SSSR count). The maximum atomic E-state index is 11.4. The molecule has 13 heavy (non-hydrogen) atoms. The fourth-order valence-electron chi connectivity index (χ4n) is 1.45. The fourth-order valence-corrected chi connectivity index (χ4v) is 1.73. The van der Waals surface area contributed by atoms with E-state index >= 15 is 0 Å². The number of fused-ring (bicyclic) bond motifs is 1. The molecule has 68 valence electrons. The van der Waals surface area contributed by atoms with Crippen molar-refractivity contribution in [2.75, 3.05) is 0 Å². The Morgan fingerprint density at radius 2 is 2.31 bits per heavy atom. The summed E-state index contributed by atoms with van der Waals surface area (Å²) in [6, 6.07) is 5.33. The van der Waals surface area contributed by atoms with Gasteiger partial charge in [-0.2, -0.15) is 0 Å².